The quantitative estimate of drug-likeness (QED) is 0.123. The number of fused-ring (bicyclic) bond motifs is 1. The Morgan fingerprint density at radius 2 is 1.89 bits per heavy atom. The molecule has 47 heavy (non-hydrogen) atoms. The molecule has 3 amide bonds. The summed E-state index contributed by atoms with van der Waals surface area (Å²) in [4.78, 5) is 47.3. The van der Waals surface area contributed by atoms with Gasteiger partial charge in [-0.3, -0.25) is 14.4 Å². The Labute approximate surface area is 289 Å². The molecule has 2 aliphatic rings. The molecule has 0 aromatic carbocycles. The predicted octanol–water partition coefficient (Wildman–Crippen LogP) is 6.36. The summed E-state index contributed by atoms with van der Waals surface area (Å²) in [7, 11) is -1.22. The lowest BCUT2D eigenvalue weighted by Crippen LogP contribution is -2.46. The van der Waals surface area contributed by atoms with Crippen molar-refractivity contribution in [3.63, 3.8) is 0 Å². The van der Waals surface area contributed by atoms with Crippen LogP contribution in [0.15, 0.2) is 28.5 Å². The van der Waals surface area contributed by atoms with Crippen molar-refractivity contribution in [3.05, 3.63) is 28.5 Å². The molecule has 11 nitrogen and oxygen atoms in total. The number of ether oxygens (including phenoxy) is 1. The van der Waals surface area contributed by atoms with Crippen LogP contribution in [0, 0.1) is 11.3 Å². The number of amides is 3. The SMILES string of the molecule is CC.CC(=O)O.CCCCC/C=C\C(C)CNC=O.C[C@@H]1CCCN1C(=O)CNC(=O)O[C@H](CN1Cc2sccc2S1=O)C(C)(C)C. The molecule has 0 spiro atoms. The van der Waals surface area contributed by atoms with Crippen molar-refractivity contribution >= 4 is 46.7 Å². The zero-order valence-electron chi connectivity index (χ0n) is 30.0. The van der Waals surface area contributed by atoms with Crippen LogP contribution in [0.2, 0.25) is 0 Å². The second-order valence-electron chi connectivity index (χ2n) is 12.4. The molecule has 0 radical (unpaired) electrons. The van der Waals surface area contributed by atoms with Crippen molar-refractivity contribution in [2.45, 2.75) is 124 Å². The highest BCUT2D eigenvalue weighted by Crippen LogP contribution is 2.33. The minimum atomic E-state index is -1.22. The van der Waals surface area contributed by atoms with Gasteiger partial charge in [0.2, 0.25) is 12.3 Å². The van der Waals surface area contributed by atoms with Gasteiger partial charge in [-0.15, -0.1) is 11.3 Å². The van der Waals surface area contributed by atoms with Gasteiger partial charge < -0.3 is 25.4 Å². The third kappa shape index (κ3) is 18.4. The molecule has 0 bridgehead atoms. The number of carboxylic acid groups (broad SMARTS) is 1. The molecule has 1 fully saturated rings. The number of carbonyl (C=O) groups excluding carboxylic acids is 3. The van der Waals surface area contributed by atoms with Crippen LogP contribution < -0.4 is 10.6 Å². The molecule has 13 heteroatoms. The predicted molar refractivity (Wildman–Crippen MR) is 190 cm³/mol. The van der Waals surface area contributed by atoms with Crippen LogP contribution in [0.3, 0.4) is 0 Å². The van der Waals surface area contributed by atoms with Crippen molar-refractivity contribution in [2.24, 2.45) is 11.3 Å². The van der Waals surface area contributed by atoms with Gasteiger partial charge in [-0.1, -0.05) is 73.5 Å². The Kier molecular flexibility index (Phi) is 22.9. The monoisotopic (exact) mass is 700 g/mol. The summed E-state index contributed by atoms with van der Waals surface area (Å²) in [6.07, 6.45) is 11.1. The molecule has 2 aliphatic heterocycles. The van der Waals surface area contributed by atoms with E-state index in [0.29, 0.717) is 19.0 Å². The Balaban J connectivity index is 0.000000931. The van der Waals surface area contributed by atoms with E-state index in [-0.39, 0.29) is 23.9 Å². The first-order valence-electron chi connectivity index (χ1n) is 16.7. The topological polar surface area (TPSA) is 145 Å². The van der Waals surface area contributed by atoms with Crippen LogP contribution in [-0.4, -0.2) is 81.2 Å². The Morgan fingerprint density at radius 3 is 2.43 bits per heavy atom. The van der Waals surface area contributed by atoms with Crippen LogP contribution >= 0.6 is 11.3 Å². The van der Waals surface area contributed by atoms with Crippen LogP contribution in [-0.2, 0) is 36.7 Å². The molecule has 4 atom stereocenters. The van der Waals surface area contributed by atoms with E-state index in [1.165, 1.54) is 25.7 Å². The molecule has 0 saturated carbocycles. The highest BCUT2D eigenvalue weighted by atomic mass is 32.2. The molecule has 0 aliphatic carbocycles. The minimum Gasteiger partial charge on any atom is -0.481 e. The number of aliphatic carboxylic acids is 1. The standard InChI is InChI=1S/C19H29N3O4S2.C11H21NO.C2H4O2.C2H6/c1-13-6-5-8-22(13)17(23)10-20-18(24)26-16(19(2,3)4)12-21-11-14-15(28(21)25)7-9-27-14;1-3-4-5-6-7-8-11(2)9-12-10-13;1-2(3)4;1-2/h7,9,13,16H,5-6,8,10-12H2,1-4H3,(H,20,24);7-8,10-11H,3-6,9H2,1-2H3,(H,12,13);1H3,(H,3,4);1-2H3/b;8-7-;;/t13-,16-,28?;;;/m1.../s1. The summed E-state index contributed by atoms with van der Waals surface area (Å²) in [5.41, 5.74) is -0.328. The summed E-state index contributed by atoms with van der Waals surface area (Å²) in [5.74, 6) is -0.467. The van der Waals surface area contributed by atoms with Gasteiger partial charge in [-0.2, -0.15) is 0 Å². The van der Waals surface area contributed by atoms with Crippen LogP contribution in [0.4, 0.5) is 4.79 Å². The number of unbranched alkanes of at least 4 members (excludes halogenated alkanes) is 3. The van der Waals surface area contributed by atoms with Gasteiger partial charge in [0.1, 0.15) is 23.6 Å². The zero-order chi connectivity index (χ0) is 36.0. The summed E-state index contributed by atoms with van der Waals surface area (Å²) >= 11 is 1.59. The second kappa shape index (κ2) is 24.4. The number of alkyl carbamates (subject to hydrolysis) is 1. The Morgan fingerprint density at radius 1 is 1.23 bits per heavy atom. The van der Waals surface area contributed by atoms with Crippen molar-refractivity contribution in [1.82, 2.24) is 19.8 Å². The number of carboxylic acids is 1. The van der Waals surface area contributed by atoms with E-state index in [2.05, 4.69) is 36.6 Å². The molecule has 1 aromatic rings. The zero-order valence-corrected chi connectivity index (χ0v) is 31.6. The largest absolute Gasteiger partial charge is 0.481 e. The van der Waals surface area contributed by atoms with Crippen LogP contribution in [0.25, 0.3) is 0 Å². The van der Waals surface area contributed by atoms with Gasteiger partial charge in [-0.25, -0.2) is 13.3 Å². The maximum Gasteiger partial charge on any atom is 0.407 e. The molecular formula is C34H60N4O7S2. The third-order valence-corrected chi connectivity index (χ3v) is 9.79. The maximum atomic E-state index is 12.6. The van der Waals surface area contributed by atoms with E-state index >= 15 is 0 Å². The fourth-order valence-corrected chi connectivity index (χ4v) is 7.18. The highest BCUT2D eigenvalue weighted by molar-refractivity contribution is 7.83. The summed E-state index contributed by atoms with van der Waals surface area (Å²) in [5, 5.41) is 14.6. The normalized spacial score (nSPS) is 18.3. The number of hydrogen-bond donors (Lipinski definition) is 3. The van der Waals surface area contributed by atoms with E-state index in [0.717, 1.165) is 49.0 Å². The lowest BCUT2D eigenvalue weighted by molar-refractivity contribution is -0.134. The number of nitrogens with one attached hydrogen (secondary N) is 2. The molecule has 3 rings (SSSR count). The van der Waals surface area contributed by atoms with Crippen molar-refractivity contribution in [1.29, 1.82) is 0 Å². The van der Waals surface area contributed by atoms with Gasteiger partial charge in [0.15, 0.2) is 0 Å². The van der Waals surface area contributed by atoms with Gasteiger partial charge >= 0.3 is 6.09 Å². The fourth-order valence-electron chi connectivity index (χ4n) is 4.63. The third-order valence-electron chi connectivity index (χ3n) is 7.25. The molecule has 2 unspecified atom stereocenters. The smallest absolute Gasteiger partial charge is 0.407 e. The average molecular weight is 701 g/mol. The molecule has 270 valence electrons. The molecule has 3 heterocycles. The lowest BCUT2D eigenvalue weighted by atomic mass is 9.89. The van der Waals surface area contributed by atoms with Gasteiger partial charge in [0, 0.05) is 49.4 Å². The van der Waals surface area contributed by atoms with E-state index in [1.54, 1.807) is 16.2 Å². The van der Waals surface area contributed by atoms with Crippen molar-refractivity contribution in [2.75, 3.05) is 26.2 Å². The van der Waals surface area contributed by atoms with Crippen LogP contribution in [0.1, 0.15) is 106 Å². The molecule has 1 saturated heterocycles. The van der Waals surface area contributed by atoms with E-state index in [9.17, 15) is 18.6 Å². The summed E-state index contributed by atoms with van der Waals surface area (Å²) in [6.45, 7) is 19.8. The molecule has 1 aromatic heterocycles. The number of allylic oxidation sites excluding steroid dienone is 1. The average Bonchev–Trinajstić information content (AvgIpc) is 3.73. The first kappa shape index (κ1) is 44.2. The number of rotatable bonds is 13. The summed E-state index contributed by atoms with van der Waals surface area (Å²) < 4.78 is 20.1. The van der Waals surface area contributed by atoms with Gasteiger partial charge in [-0.05, 0) is 50.0 Å². The first-order valence-corrected chi connectivity index (χ1v) is 18.7. The number of nitrogens with zero attached hydrogens (tertiary/aromatic N) is 2. The van der Waals surface area contributed by atoms with Crippen molar-refractivity contribution < 1.29 is 33.2 Å². The lowest BCUT2D eigenvalue weighted by Gasteiger charge is -2.32. The van der Waals surface area contributed by atoms with E-state index in [4.69, 9.17) is 14.6 Å². The molecule has 3 N–H and O–H groups in total. The highest BCUT2D eigenvalue weighted by Gasteiger charge is 2.36. The minimum absolute atomic E-state index is 0.0625. The number of hydrogen-bond acceptors (Lipinski definition) is 7. The second-order valence-corrected chi connectivity index (χ2v) is 14.9. The fraction of sp³-hybridized carbons (Fsp3) is 0.706. The number of carbonyl (C=O) groups is 4. The van der Waals surface area contributed by atoms with E-state index < -0.39 is 29.2 Å². The Bertz CT molecular complexity index is 1120. The molecular weight excluding hydrogens is 641 g/mol. The van der Waals surface area contributed by atoms with Gasteiger partial charge in [0.05, 0.1) is 4.90 Å². The maximum absolute atomic E-state index is 12.6. The number of likely N-dealkylation sites (tertiary alicyclic amines) is 1. The number of thiophene rings is 1. The first-order chi connectivity index (χ1) is 22.2. The van der Waals surface area contributed by atoms with Crippen LogP contribution in [0.5, 0.6) is 0 Å². The van der Waals surface area contributed by atoms with E-state index in [1.807, 2.05) is 57.3 Å². The Hall–Kier alpha value is -2.77. The van der Waals surface area contributed by atoms with Gasteiger partial charge in [0.25, 0.3) is 5.97 Å². The summed E-state index contributed by atoms with van der Waals surface area (Å²) in [6, 6.07) is 2.11. The van der Waals surface area contributed by atoms with Crippen molar-refractivity contribution in [3.8, 4) is 0 Å².